The number of aromatic amines is 1. The Morgan fingerprint density at radius 2 is 1.87 bits per heavy atom. The Hall–Kier alpha value is -4.06. The van der Waals surface area contributed by atoms with Crippen LogP contribution in [0.5, 0.6) is 5.75 Å². The number of nitrogens with one attached hydrogen (secondary N) is 1. The maximum Gasteiger partial charge on any atom is 0.335 e. The zero-order valence-electron chi connectivity index (χ0n) is 16.0. The first-order chi connectivity index (χ1) is 14.6. The Labute approximate surface area is 171 Å². The van der Waals surface area contributed by atoms with Gasteiger partial charge in [-0.25, -0.2) is 4.79 Å². The maximum absolute atomic E-state index is 12.2. The van der Waals surface area contributed by atoms with Gasteiger partial charge in [-0.3, -0.25) is 14.6 Å². The Kier molecular flexibility index (Phi) is 4.25. The van der Waals surface area contributed by atoms with Crippen molar-refractivity contribution in [1.29, 1.82) is 0 Å². The molecule has 0 fully saturated rings. The molecule has 1 aromatic heterocycles. The molecule has 1 aliphatic rings. The average molecular weight is 398 g/mol. The van der Waals surface area contributed by atoms with Crippen LogP contribution >= 0.6 is 0 Å². The van der Waals surface area contributed by atoms with Gasteiger partial charge in [0, 0.05) is 5.56 Å². The second-order valence-electron chi connectivity index (χ2n) is 7.15. The van der Waals surface area contributed by atoms with Crippen molar-refractivity contribution in [3.63, 3.8) is 0 Å². The first-order valence-corrected chi connectivity index (χ1v) is 9.58. The molecule has 0 radical (unpaired) electrons. The van der Waals surface area contributed by atoms with Gasteiger partial charge in [-0.2, -0.15) is 0 Å². The number of benzene rings is 3. The van der Waals surface area contributed by atoms with Crippen LogP contribution in [0.2, 0.25) is 0 Å². The molecular weight excluding hydrogens is 380 g/mol. The molecule has 0 spiro atoms. The van der Waals surface area contributed by atoms with Gasteiger partial charge in [0.25, 0.3) is 5.56 Å². The largest absolute Gasteiger partial charge is 0.488 e. The van der Waals surface area contributed by atoms with E-state index < -0.39 is 5.97 Å². The number of rotatable bonds is 3. The summed E-state index contributed by atoms with van der Waals surface area (Å²) >= 11 is 0. The number of aromatic nitrogens is 2. The Morgan fingerprint density at radius 1 is 1.07 bits per heavy atom. The number of ether oxygens (including phenoxy) is 1. The number of aromatic carboxylic acids is 1. The lowest BCUT2D eigenvalue weighted by Crippen LogP contribution is -2.05. The van der Waals surface area contributed by atoms with Crippen LogP contribution in [0.1, 0.15) is 27.0 Å². The summed E-state index contributed by atoms with van der Waals surface area (Å²) in [6.45, 7) is 0.819. The van der Waals surface area contributed by atoms with Crippen LogP contribution in [0, 0.1) is 0 Å². The highest BCUT2D eigenvalue weighted by atomic mass is 16.5. The van der Waals surface area contributed by atoms with Crippen molar-refractivity contribution in [3.05, 3.63) is 105 Å². The smallest absolute Gasteiger partial charge is 0.335 e. The molecule has 0 aliphatic carbocycles. The third kappa shape index (κ3) is 2.99. The van der Waals surface area contributed by atoms with Gasteiger partial charge in [0.1, 0.15) is 12.4 Å². The highest BCUT2D eigenvalue weighted by Crippen LogP contribution is 2.37. The highest BCUT2D eigenvalue weighted by molar-refractivity contribution is 5.92. The number of hydrogen-bond acceptors (Lipinski definition) is 3. The van der Waals surface area contributed by atoms with Gasteiger partial charge in [0.2, 0.25) is 0 Å². The van der Waals surface area contributed by atoms with E-state index in [0.717, 1.165) is 27.8 Å². The molecule has 2 heterocycles. The van der Waals surface area contributed by atoms with E-state index in [9.17, 15) is 14.7 Å². The number of H-pyrrole nitrogens is 1. The zero-order chi connectivity index (χ0) is 20.7. The summed E-state index contributed by atoms with van der Waals surface area (Å²) in [4.78, 5) is 23.8. The fourth-order valence-corrected chi connectivity index (χ4v) is 3.90. The SMILES string of the molecule is O=C(O)c1ccc2c(c1)/C(=C/Cn1[nH]c(=O)c3ccccc31)c1ccccc1CO2. The number of allylic oxidation sites excluding steroid dienone is 1. The van der Waals surface area contributed by atoms with E-state index in [1.807, 2.05) is 48.5 Å². The quantitative estimate of drug-likeness (QED) is 0.545. The summed E-state index contributed by atoms with van der Waals surface area (Å²) in [5.41, 5.74) is 4.47. The van der Waals surface area contributed by atoms with Crippen molar-refractivity contribution in [2.24, 2.45) is 0 Å². The normalized spacial score (nSPS) is 14.1. The van der Waals surface area contributed by atoms with Gasteiger partial charge in [-0.05, 0) is 47.0 Å². The lowest BCUT2D eigenvalue weighted by Gasteiger charge is -2.12. The summed E-state index contributed by atoms with van der Waals surface area (Å²) in [6.07, 6.45) is 2.00. The lowest BCUT2D eigenvalue weighted by atomic mass is 9.93. The third-order valence-corrected chi connectivity index (χ3v) is 5.36. The summed E-state index contributed by atoms with van der Waals surface area (Å²) in [5.74, 6) is -0.358. The fraction of sp³-hybridized carbons (Fsp3) is 0.0833. The van der Waals surface area contributed by atoms with Crippen LogP contribution < -0.4 is 10.3 Å². The summed E-state index contributed by atoms with van der Waals surface area (Å²) in [5, 5.41) is 13.0. The molecule has 30 heavy (non-hydrogen) atoms. The minimum Gasteiger partial charge on any atom is -0.488 e. The van der Waals surface area contributed by atoms with E-state index in [0.29, 0.717) is 24.3 Å². The third-order valence-electron chi connectivity index (χ3n) is 5.36. The molecule has 6 nitrogen and oxygen atoms in total. The van der Waals surface area contributed by atoms with E-state index >= 15 is 0 Å². The van der Waals surface area contributed by atoms with Crippen molar-refractivity contribution in [2.75, 3.05) is 0 Å². The molecule has 6 heteroatoms. The minimum absolute atomic E-state index is 0.137. The molecule has 0 amide bonds. The van der Waals surface area contributed by atoms with Crippen molar-refractivity contribution in [3.8, 4) is 5.75 Å². The molecule has 2 N–H and O–H groups in total. The molecule has 148 valence electrons. The maximum atomic E-state index is 12.2. The predicted octanol–water partition coefficient (Wildman–Crippen LogP) is 4.05. The van der Waals surface area contributed by atoms with E-state index in [4.69, 9.17) is 4.74 Å². The second-order valence-corrected chi connectivity index (χ2v) is 7.15. The standard InChI is InChI=1S/C24H18N2O4/c27-23-19-7-3-4-8-21(19)26(25-23)12-11-18-17-6-2-1-5-16(17)14-30-22-10-9-15(24(28)29)13-20(18)22/h1-11,13H,12,14H2,(H,25,27)(H,28,29)/b18-11+. The van der Waals surface area contributed by atoms with Crippen LogP contribution in [-0.4, -0.2) is 20.9 Å². The molecule has 0 saturated carbocycles. The fourth-order valence-electron chi connectivity index (χ4n) is 3.90. The Morgan fingerprint density at radius 3 is 2.73 bits per heavy atom. The average Bonchev–Trinajstić information content (AvgIpc) is 3.00. The number of para-hydroxylation sites is 1. The van der Waals surface area contributed by atoms with Crippen molar-refractivity contribution in [2.45, 2.75) is 13.2 Å². The van der Waals surface area contributed by atoms with E-state index in [1.165, 1.54) is 0 Å². The van der Waals surface area contributed by atoms with Crippen LogP contribution in [0.4, 0.5) is 0 Å². The van der Waals surface area contributed by atoms with Gasteiger partial charge in [0.15, 0.2) is 0 Å². The van der Waals surface area contributed by atoms with E-state index in [-0.39, 0.29) is 11.1 Å². The molecule has 0 bridgehead atoms. The van der Waals surface area contributed by atoms with Gasteiger partial charge in [0.05, 0.1) is 23.0 Å². The molecule has 1 aliphatic heterocycles. The topological polar surface area (TPSA) is 84.3 Å². The van der Waals surface area contributed by atoms with Crippen molar-refractivity contribution < 1.29 is 14.6 Å². The summed E-state index contributed by atoms with van der Waals surface area (Å²) in [7, 11) is 0. The molecule has 0 saturated heterocycles. The number of fused-ring (bicyclic) bond motifs is 3. The molecule has 4 aromatic rings. The van der Waals surface area contributed by atoms with Gasteiger partial charge < -0.3 is 9.84 Å². The molecular formula is C24H18N2O4. The van der Waals surface area contributed by atoms with E-state index in [1.54, 1.807) is 28.9 Å². The number of carboxylic acid groups (broad SMARTS) is 1. The summed E-state index contributed by atoms with van der Waals surface area (Å²) in [6, 6.07) is 20.2. The first-order valence-electron chi connectivity index (χ1n) is 9.58. The number of hydrogen-bond donors (Lipinski definition) is 2. The Balaban J connectivity index is 1.68. The molecule has 0 atom stereocenters. The van der Waals surface area contributed by atoms with Crippen LogP contribution in [-0.2, 0) is 13.2 Å². The predicted molar refractivity (Wildman–Crippen MR) is 114 cm³/mol. The lowest BCUT2D eigenvalue weighted by molar-refractivity contribution is 0.0697. The number of carbonyl (C=O) groups is 1. The van der Waals surface area contributed by atoms with Crippen LogP contribution in [0.25, 0.3) is 16.5 Å². The van der Waals surface area contributed by atoms with Crippen LogP contribution in [0.15, 0.2) is 77.6 Å². The van der Waals surface area contributed by atoms with E-state index in [2.05, 4.69) is 5.10 Å². The second kappa shape index (κ2) is 7.08. The Bertz CT molecular complexity index is 1380. The number of nitrogens with zero attached hydrogens (tertiary/aromatic N) is 1. The van der Waals surface area contributed by atoms with Crippen molar-refractivity contribution in [1.82, 2.24) is 9.78 Å². The number of carboxylic acids is 1. The monoisotopic (exact) mass is 398 g/mol. The van der Waals surface area contributed by atoms with Gasteiger partial charge in [-0.15, -0.1) is 0 Å². The van der Waals surface area contributed by atoms with Gasteiger partial charge >= 0.3 is 5.97 Å². The highest BCUT2D eigenvalue weighted by Gasteiger charge is 2.20. The minimum atomic E-state index is -0.990. The first kappa shape index (κ1) is 18.0. The van der Waals surface area contributed by atoms with Crippen molar-refractivity contribution >= 4 is 22.4 Å². The molecule has 5 rings (SSSR count). The zero-order valence-corrected chi connectivity index (χ0v) is 16.0. The molecule has 0 unspecified atom stereocenters. The van der Waals surface area contributed by atoms with Crippen LogP contribution in [0.3, 0.4) is 0 Å². The van der Waals surface area contributed by atoms with Gasteiger partial charge in [-0.1, -0.05) is 42.5 Å². The summed E-state index contributed by atoms with van der Waals surface area (Å²) < 4.78 is 7.76. The molecule has 3 aromatic carbocycles.